The van der Waals surface area contributed by atoms with Gasteiger partial charge in [0.1, 0.15) is 17.4 Å². The number of pyridine rings is 1. The van der Waals surface area contributed by atoms with Crippen LogP contribution in [0.4, 0.5) is 14.5 Å². The summed E-state index contributed by atoms with van der Waals surface area (Å²) in [4.78, 5) is 19.5. The van der Waals surface area contributed by atoms with Crippen molar-refractivity contribution in [3.63, 3.8) is 0 Å². The Labute approximate surface area is 188 Å². The number of carbonyl (C=O) groups is 1. The lowest BCUT2D eigenvalue weighted by atomic mass is 9.99. The first kappa shape index (κ1) is 21.6. The summed E-state index contributed by atoms with van der Waals surface area (Å²) in [5, 5.41) is 13.2. The van der Waals surface area contributed by atoms with Crippen LogP contribution in [0.2, 0.25) is 0 Å². The maximum absolute atomic E-state index is 14.7. The largest absolute Gasteiger partial charge is 0.493 e. The monoisotopic (exact) mass is 458 g/mol. The van der Waals surface area contributed by atoms with E-state index >= 15 is 0 Å². The second-order valence-electron chi connectivity index (χ2n) is 8.18. The number of carbonyl (C=O) groups excluding carboxylic acids is 1. The highest BCUT2D eigenvalue weighted by atomic mass is 19.1. The van der Waals surface area contributed by atoms with Crippen molar-refractivity contribution >= 4 is 17.2 Å². The van der Waals surface area contributed by atoms with E-state index in [1.807, 2.05) is 0 Å². The first-order valence-corrected chi connectivity index (χ1v) is 10.8. The highest BCUT2D eigenvalue weighted by molar-refractivity contribution is 5.96. The van der Waals surface area contributed by atoms with E-state index in [1.54, 1.807) is 28.5 Å². The number of nitrogens with zero attached hydrogens (tertiary/aromatic N) is 3. The van der Waals surface area contributed by atoms with E-state index in [0.29, 0.717) is 61.0 Å². The van der Waals surface area contributed by atoms with Crippen molar-refractivity contribution in [2.45, 2.75) is 26.0 Å². The number of anilines is 1. The zero-order valence-corrected chi connectivity index (χ0v) is 18.1. The summed E-state index contributed by atoms with van der Waals surface area (Å²) in [6.45, 7) is 3.72. The van der Waals surface area contributed by atoms with Gasteiger partial charge in [0.05, 0.1) is 60.7 Å². The minimum Gasteiger partial charge on any atom is -0.493 e. The molecule has 4 heterocycles. The van der Waals surface area contributed by atoms with Gasteiger partial charge in [0, 0.05) is 37.8 Å². The zero-order valence-electron chi connectivity index (χ0n) is 18.1. The molecule has 1 unspecified atom stereocenters. The second kappa shape index (κ2) is 8.60. The number of fused-ring (bicyclic) bond motifs is 2. The van der Waals surface area contributed by atoms with Gasteiger partial charge in [-0.25, -0.2) is 13.8 Å². The molecular weight excluding hydrogens is 434 g/mol. The summed E-state index contributed by atoms with van der Waals surface area (Å²) < 4.78 is 40.9. The summed E-state index contributed by atoms with van der Waals surface area (Å²) >= 11 is 0. The molecule has 5 rings (SSSR count). The molecule has 1 amide bonds. The highest BCUT2D eigenvalue weighted by Crippen LogP contribution is 2.38. The van der Waals surface area contributed by atoms with Gasteiger partial charge < -0.3 is 24.8 Å². The number of rotatable bonds is 4. The predicted molar refractivity (Wildman–Crippen MR) is 115 cm³/mol. The topological polar surface area (TPSA) is 88.3 Å². The summed E-state index contributed by atoms with van der Waals surface area (Å²) in [5.74, 6) is -1.42. The quantitative estimate of drug-likeness (QED) is 0.625. The van der Waals surface area contributed by atoms with Crippen molar-refractivity contribution in [3.8, 4) is 5.75 Å². The third-order valence-electron chi connectivity index (χ3n) is 6.11. The minimum absolute atomic E-state index is 0.156. The molecule has 1 fully saturated rings. The average molecular weight is 458 g/mol. The van der Waals surface area contributed by atoms with Crippen LogP contribution in [-0.2, 0) is 11.3 Å². The second-order valence-corrected chi connectivity index (χ2v) is 8.18. The number of aromatic nitrogens is 2. The third kappa shape index (κ3) is 3.89. The first-order valence-electron chi connectivity index (χ1n) is 10.8. The average Bonchev–Trinajstić information content (AvgIpc) is 3.14. The fourth-order valence-electron chi connectivity index (χ4n) is 4.45. The van der Waals surface area contributed by atoms with Gasteiger partial charge in [0.2, 0.25) is 0 Å². The molecule has 2 aromatic heterocycles. The Kier molecular flexibility index (Phi) is 5.63. The van der Waals surface area contributed by atoms with Gasteiger partial charge in [-0.1, -0.05) is 0 Å². The Balaban J connectivity index is 1.59. The summed E-state index contributed by atoms with van der Waals surface area (Å²) in [6.07, 6.45) is 2.10. The highest BCUT2D eigenvalue weighted by Gasteiger charge is 2.28. The molecule has 1 saturated heterocycles. The third-order valence-corrected chi connectivity index (χ3v) is 6.11. The van der Waals surface area contributed by atoms with Gasteiger partial charge in [0.25, 0.3) is 5.91 Å². The van der Waals surface area contributed by atoms with Crippen LogP contribution in [0.3, 0.4) is 0 Å². The van der Waals surface area contributed by atoms with Crippen molar-refractivity contribution in [2.24, 2.45) is 0 Å². The molecule has 0 saturated carbocycles. The number of hydrogen-bond donors (Lipinski definition) is 2. The van der Waals surface area contributed by atoms with Crippen LogP contribution in [0, 0.1) is 18.6 Å². The molecular formula is C23H24F2N4O4. The predicted octanol–water partition coefficient (Wildman–Crippen LogP) is 2.82. The summed E-state index contributed by atoms with van der Waals surface area (Å²) in [5.41, 5.74) is 2.84. The molecule has 0 radical (unpaired) electrons. The number of ether oxygens (including phenoxy) is 2. The van der Waals surface area contributed by atoms with Crippen molar-refractivity contribution in [3.05, 3.63) is 58.5 Å². The zero-order chi connectivity index (χ0) is 23.1. The number of aliphatic hydroxyl groups is 1. The standard InChI is InChI=1S/C23H24F2N4O4/c1-13-19(12-30)29-11-14(23(31)28-3-6-32-7-4-28)8-18(22(29)26-13)27-17-2-5-33-20-10-15(24)9-16(25)21(17)20/h8-11,17,27,30H,2-7,12H2,1H3. The van der Waals surface area contributed by atoms with E-state index in [9.17, 15) is 18.7 Å². The Morgan fingerprint density at radius 3 is 2.79 bits per heavy atom. The number of hydrogen-bond acceptors (Lipinski definition) is 6. The smallest absolute Gasteiger partial charge is 0.255 e. The Hall–Kier alpha value is -3.24. The van der Waals surface area contributed by atoms with E-state index in [-0.39, 0.29) is 30.4 Å². The normalized spacial score (nSPS) is 18.2. The Morgan fingerprint density at radius 1 is 1.24 bits per heavy atom. The molecule has 33 heavy (non-hydrogen) atoms. The number of aryl methyl sites for hydroxylation is 1. The summed E-state index contributed by atoms with van der Waals surface area (Å²) in [6, 6.07) is 3.18. The molecule has 0 bridgehead atoms. The van der Waals surface area contributed by atoms with Gasteiger partial charge in [0.15, 0.2) is 5.65 Å². The molecule has 0 aliphatic carbocycles. The SMILES string of the molecule is Cc1nc2c(NC3CCOc4cc(F)cc(F)c43)cc(C(=O)N3CCOCC3)cn2c1CO. The molecule has 174 valence electrons. The van der Waals surface area contributed by atoms with Gasteiger partial charge in [-0.3, -0.25) is 9.20 Å². The molecule has 10 heteroatoms. The molecule has 1 aromatic carbocycles. The fourth-order valence-corrected chi connectivity index (χ4v) is 4.45. The molecule has 0 spiro atoms. The lowest BCUT2D eigenvalue weighted by molar-refractivity contribution is 0.0302. The van der Waals surface area contributed by atoms with Crippen molar-refractivity contribution in [1.29, 1.82) is 0 Å². The van der Waals surface area contributed by atoms with Gasteiger partial charge in [-0.05, 0) is 13.0 Å². The number of halogens is 2. The molecule has 1 atom stereocenters. The molecule has 2 N–H and O–H groups in total. The first-order chi connectivity index (χ1) is 16.0. The maximum Gasteiger partial charge on any atom is 0.255 e. The van der Waals surface area contributed by atoms with Crippen LogP contribution >= 0.6 is 0 Å². The number of morpholine rings is 1. The van der Waals surface area contributed by atoms with E-state index in [1.165, 1.54) is 6.07 Å². The van der Waals surface area contributed by atoms with Gasteiger partial charge in [-0.2, -0.15) is 0 Å². The van der Waals surface area contributed by atoms with E-state index in [4.69, 9.17) is 9.47 Å². The molecule has 3 aromatic rings. The lowest BCUT2D eigenvalue weighted by Gasteiger charge is -2.29. The van der Waals surface area contributed by atoms with Crippen molar-refractivity contribution in [2.75, 3.05) is 38.2 Å². The van der Waals surface area contributed by atoms with Crippen LogP contribution in [0.1, 0.15) is 39.8 Å². The summed E-state index contributed by atoms with van der Waals surface area (Å²) in [7, 11) is 0. The number of imidazole rings is 1. The number of nitrogens with one attached hydrogen (secondary N) is 1. The molecule has 8 nitrogen and oxygen atoms in total. The van der Waals surface area contributed by atoms with E-state index in [0.717, 1.165) is 6.07 Å². The van der Waals surface area contributed by atoms with E-state index < -0.39 is 17.7 Å². The van der Waals surface area contributed by atoms with Gasteiger partial charge >= 0.3 is 0 Å². The van der Waals surface area contributed by atoms with Crippen molar-refractivity contribution < 1.29 is 28.2 Å². The molecule has 2 aliphatic heterocycles. The number of benzene rings is 1. The van der Waals surface area contributed by atoms with Crippen LogP contribution < -0.4 is 10.1 Å². The number of aliphatic hydroxyl groups excluding tert-OH is 1. The van der Waals surface area contributed by atoms with Crippen LogP contribution in [0.5, 0.6) is 5.75 Å². The van der Waals surface area contributed by atoms with E-state index in [2.05, 4.69) is 10.3 Å². The Morgan fingerprint density at radius 2 is 2.03 bits per heavy atom. The molecule has 2 aliphatic rings. The van der Waals surface area contributed by atoms with Crippen LogP contribution in [0.25, 0.3) is 5.65 Å². The van der Waals surface area contributed by atoms with Crippen molar-refractivity contribution in [1.82, 2.24) is 14.3 Å². The minimum atomic E-state index is -0.705. The Bertz CT molecular complexity index is 1220. The van der Waals surface area contributed by atoms with Crippen LogP contribution in [-0.4, -0.2) is 58.2 Å². The lowest BCUT2D eigenvalue weighted by Crippen LogP contribution is -2.40. The number of amides is 1. The fraction of sp³-hybridized carbons (Fsp3) is 0.391. The van der Waals surface area contributed by atoms with Crippen LogP contribution in [0.15, 0.2) is 24.4 Å². The van der Waals surface area contributed by atoms with Gasteiger partial charge in [-0.15, -0.1) is 0 Å². The maximum atomic E-state index is 14.7.